The number of hydrogen-bond acceptors (Lipinski definition) is 15. The number of amides is 1. The van der Waals surface area contributed by atoms with Crippen LogP contribution in [0.2, 0.25) is 0 Å². The van der Waals surface area contributed by atoms with Crippen LogP contribution in [-0.4, -0.2) is 135 Å². The first-order chi connectivity index (χ1) is 32.4. The molecular weight excluding hydrogens is 919 g/mol. The maximum absolute atomic E-state index is 15.0. The number of carboxylic acid groups (broad SMARTS) is 1. The maximum Gasteiger partial charge on any atom is 0.346 e. The molecule has 360 valence electrons. The van der Waals surface area contributed by atoms with Gasteiger partial charge in [-0.15, -0.1) is 22.7 Å². The van der Waals surface area contributed by atoms with E-state index in [4.69, 9.17) is 24.7 Å². The molecule has 0 atom stereocenters. The molecule has 2 aliphatic heterocycles. The van der Waals surface area contributed by atoms with Crippen molar-refractivity contribution in [1.82, 2.24) is 45.0 Å². The number of halogens is 2. The molecule has 2 aromatic carbocycles. The second-order valence-corrected chi connectivity index (χ2v) is 17.9. The topological polar surface area (TPSA) is 219 Å². The summed E-state index contributed by atoms with van der Waals surface area (Å²) in [5.41, 5.74) is 9.68. The number of ether oxygens (including phenoxy) is 4. The van der Waals surface area contributed by atoms with Gasteiger partial charge in [-0.05, 0) is 75.2 Å². The fourth-order valence-electron chi connectivity index (χ4n) is 7.84. The highest BCUT2D eigenvalue weighted by atomic mass is 32.1. The number of morpholine rings is 2. The predicted octanol–water partition coefficient (Wildman–Crippen LogP) is 8.12. The smallest absolute Gasteiger partial charge is 0.346 e. The summed E-state index contributed by atoms with van der Waals surface area (Å²) < 4.78 is 51.8. The molecule has 17 nitrogen and oxygen atoms in total. The van der Waals surface area contributed by atoms with Gasteiger partial charge in [0.2, 0.25) is 11.8 Å². The Morgan fingerprint density at radius 2 is 1.19 bits per heavy atom. The predicted molar refractivity (Wildman–Crippen MR) is 260 cm³/mol. The molecule has 2 aliphatic rings. The first kappa shape index (κ1) is 49.7. The largest absolute Gasteiger partial charge is 0.477 e. The molecule has 8 heterocycles. The Kier molecular flexibility index (Phi) is 16.3. The molecular formula is C47H54F2N10O7S2. The molecule has 0 aliphatic carbocycles. The van der Waals surface area contributed by atoms with Crippen molar-refractivity contribution < 1.29 is 42.4 Å². The number of aryl methyl sites for hydroxylation is 4. The molecule has 6 N–H and O–H groups in total. The average molecular weight is 973 g/mol. The number of nitrogens with zero attached hydrogens (tertiary/aromatic N) is 6. The highest BCUT2D eigenvalue weighted by Crippen LogP contribution is 2.39. The summed E-state index contributed by atoms with van der Waals surface area (Å²) in [6.45, 7) is 17.4. The SMILES string of the molecule is C.Cc1cc2c(F)c(Oc3ncnc4sc(C(=O)NCCN5CCOCC5)c(C)c34)ccc2[nH]1.Cc1cc2c(F)c(Oc3ncnc4sc(C(=O)O)c(C)c34)ccc2[nH]1.NCCN1CCOCC1. The minimum absolute atomic E-state index is 0. The van der Waals surface area contributed by atoms with Crippen LogP contribution in [0.25, 0.3) is 42.2 Å². The van der Waals surface area contributed by atoms with Crippen molar-refractivity contribution in [2.24, 2.45) is 5.73 Å². The first-order valence-electron chi connectivity index (χ1n) is 21.6. The van der Waals surface area contributed by atoms with E-state index in [1.165, 1.54) is 30.1 Å². The van der Waals surface area contributed by atoms with Crippen LogP contribution in [0.1, 0.15) is 49.3 Å². The molecule has 2 saturated heterocycles. The molecule has 1 amide bonds. The molecule has 0 unspecified atom stereocenters. The lowest BCUT2D eigenvalue weighted by Crippen LogP contribution is -2.41. The number of aromatic nitrogens is 6. The van der Waals surface area contributed by atoms with Gasteiger partial charge in [0.25, 0.3) is 5.91 Å². The minimum atomic E-state index is -1.04. The second kappa shape index (κ2) is 22.3. The number of nitrogens with two attached hydrogens (primary N) is 1. The molecule has 68 heavy (non-hydrogen) atoms. The Balaban J connectivity index is 0.000000172. The summed E-state index contributed by atoms with van der Waals surface area (Å²) in [6, 6.07) is 10.0. The molecule has 0 radical (unpaired) electrons. The highest BCUT2D eigenvalue weighted by Gasteiger charge is 2.24. The third kappa shape index (κ3) is 11.0. The zero-order valence-corrected chi connectivity index (χ0v) is 39.0. The van der Waals surface area contributed by atoms with E-state index in [0.29, 0.717) is 64.8 Å². The van der Waals surface area contributed by atoms with Crippen LogP contribution >= 0.6 is 22.7 Å². The van der Waals surface area contributed by atoms with Gasteiger partial charge in [-0.1, -0.05) is 7.43 Å². The van der Waals surface area contributed by atoms with Crippen molar-refractivity contribution in [3.63, 3.8) is 0 Å². The van der Waals surface area contributed by atoms with Crippen LogP contribution < -0.4 is 20.5 Å². The Bertz CT molecular complexity index is 3050. The lowest BCUT2D eigenvalue weighted by Gasteiger charge is -2.26. The number of carbonyl (C=O) groups is 2. The van der Waals surface area contributed by atoms with E-state index in [-0.39, 0.29) is 41.5 Å². The lowest BCUT2D eigenvalue weighted by molar-refractivity contribution is 0.0383. The maximum atomic E-state index is 15.0. The zero-order valence-electron chi connectivity index (χ0n) is 37.3. The number of carboxylic acids is 1. The Hall–Kier alpha value is -6.20. The number of rotatable bonds is 11. The summed E-state index contributed by atoms with van der Waals surface area (Å²) in [6.07, 6.45) is 2.64. The monoisotopic (exact) mass is 972 g/mol. The van der Waals surface area contributed by atoms with Crippen molar-refractivity contribution in [3.05, 3.63) is 93.0 Å². The van der Waals surface area contributed by atoms with Crippen molar-refractivity contribution in [2.75, 3.05) is 78.8 Å². The normalized spacial score (nSPS) is 14.3. The summed E-state index contributed by atoms with van der Waals surface area (Å²) >= 11 is 2.31. The van der Waals surface area contributed by atoms with Crippen molar-refractivity contribution in [1.29, 1.82) is 0 Å². The van der Waals surface area contributed by atoms with Crippen LogP contribution in [-0.2, 0) is 9.47 Å². The van der Waals surface area contributed by atoms with Crippen molar-refractivity contribution in [2.45, 2.75) is 35.1 Å². The number of nitrogens with one attached hydrogen (secondary N) is 3. The van der Waals surface area contributed by atoms with Gasteiger partial charge >= 0.3 is 5.97 Å². The van der Waals surface area contributed by atoms with E-state index in [1.54, 1.807) is 37.3 Å². The van der Waals surface area contributed by atoms with Crippen LogP contribution in [0.3, 0.4) is 0 Å². The van der Waals surface area contributed by atoms with E-state index >= 15 is 4.39 Å². The number of thiophene rings is 2. The Morgan fingerprint density at radius 3 is 1.66 bits per heavy atom. The van der Waals surface area contributed by atoms with Crippen molar-refractivity contribution in [3.8, 4) is 23.3 Å². The molecule has 8 aromatic rings. The van der Waals surface area contributed by atoms with Crippen LogP contribution in [0.5, 0.6) is 23.3 Å². The van der Waals surface area contributed by atoms with E-state index in [0.717, 1.165) is 95.0 Å². The third-order valence-electron chi connectivity index (χ3n) is 11.2. The lowest BCUT2D eigenvalue weighted by atomic mass is 10.2. The quantitative estimate of drug-likeness (QED) is 0.0827. The third-order valence-corrected chi connectivity index (χ3v) is 13.6. The number of benzene rings is 2. The summed E-state index contributed by atoms with van der Waals surface area (Å²) in [7, 11) is 0. The molecule has 0 spiro atoms. The van der Waals surface area contributed by atoms with Gasteiger partial charge in [-0.3, -0.25) is 14.6 Å². The van der Waals surface area contributed by atoms with E-state index in [2.05, 4.69) is 45.0 Å². The van der Waals surface area contributed by atoms with Crippen LogP contribution in [0.4, 0.5) is 8.78 Å². The Morgan fingerprint density at radius 1 is 0.735 bits per heavy atom. The van der Waals surface area contributed by atoms with Gasteiger partial charge in [0.1, 0.15) is 27.2 Å². The molecule has 0 bridgehead atoms. The van der Waals surface area contributed by atoms with E-state index < -0.39 is 17.6 Å². The van der Waals surface area contributed by atoms with Gasteiger partial charge in [-0.2, -0.15) is 0 Å². The van der Waals surface area contributed by atoms with Crippen LogP contribution in [0.15, 0.2) is 49.1 Å². The van der Waals surface area contributed by atoms with E-state index in [9.17, 15) is 19.1 Å². The Labute approximate surface area is 398 Å². The van der Waals surface area contributed by atoms with Crippen LogP contribution in [0, 0.1) is 39.3 Å². The number of hydrogen-bond donors (Lipinski definition) is 5. The average Bonchev–Trinajstić information content (AvgIpc) is 4.10. The number of carbonyl (C=O) groups excluding carboxylic acids is 1. The number of H-pyrrole nitrogens is 2. The highest BCUT2D eigenvalue weighted by molar-refractivity contribution is 7.21. The first-order valence-corrected chi connectivity index (χ1v) is 23.2. The van der Waals surface area contributed by atoms with Gasteiger partial charge < -0.3 is 45.1 Å². The minimum Gasteiger partial charge on any atom is -0.477 e. The number of aromatic amines is 2. The van der Waals surface area contributed by atoms with Gasteiger partial charge in [0.15, 0.2) is 23.1 Å². The number of aromatic carboxylic acids is 1. The van der Waals surface area contributed by atoms with E-state index in [1.807, 2.05) is 20.8 Å². The summed E-state index contributed by atoms with van der Waals surface area (Å²) in [5, 5.41) is 14.2. The molecule has 10 rings (SSSR count). The number of fused-ring (bicyclic) bond motifs is 4. The van der Waals surface area contributed by atoms with Crippen molar-refractivity contribution >= 4 is 76.8 Å². The molecule has 2 fully saturated rings. The zero-order chi connectivity index (χ0) is 47.2. The summed E-state index contributed by atoms with van der Waals surface area (Å²) in [4.78, 5) is 53.4. The standard InChI is InChI=1S/C23H24FN5O3S.C17H12FN3O3S.C6H14N2O.CH4/c1-13-11-15-16(28-13)3-4-17(19(15)24)32-22-18-14(2)20(33-23(18)27-12-26-22)21(30)25-5-6-29-7-9-31-10-8-29;1-7-5-9-10(21-7)3-4-11(13(9)18)24-15-12-8(2)14(17(22)23)25-16(12)20-6-19-15;7-1-2-8-3-5-9-6-4-8;/h3-4,11-12,28H,5-10H2,1-2H3,(H,25,30);3-6,21H,1-2H3,(H,22,23);1-7H2;1H4. The fourth-order valence-corrected chi connectivity index (χ4v) is 9.87. The molecule has 21 heteroatoms. The van der Waals surface area contributed by atoms with Gasteiger partial charge in [-0.25, -0.2) is 33.5 Å². The fraction of sp³-hybridized carbons (Fsp3) is 0.362. The molecule has 0 saturated carbocycles. The van der Waals surface area contributed by atoms with Gasteiger partial charge in [0.05, 0.1) is 42.1 Å². The molecule has 6 aromatic heterocycles. The summed E-state index contributed by atoms with van der Waals surface area (Å²) in [5.74, 6) is -1.70. The second-order valence-electron chi connectivity index (χ2n) is 15.9. The van der Waals surface area contributed by atoms with Gasteiger partial charge in [0, 0.05) is 85.6 Å².